The van der Waals surface area contributed by atoms with E-state index in [2.05, 4.69) is 10.6 Å². The van der Waals surface area contributed by atoms with E-state index in [4.69, 9.17) is 0 Å². The van der Waals surface area contributed by atoms with Gasteiger partial charge in [0.1, 0.15) is 11.6 Å². The summed E-state index contributed by atoms with van der Waals surface area (Å²) in [5.74, 6) is -3.44. The molecular formula is C18H17F2N3O3. The number of hydrogen-bond acceptors (Lipinski definition) is 3. The Hall–Kier alpha value is -3.29. The van der Waals surface area contributed by atoms with Crippen LogP contribution in [-0.4, -0.2) is 43.3 Å². The highest BCUT2D eigenvalue weighted by Crippen LogP contribution is 2.12. The molecule has 0 aromatic heterocycles. The Morgan fingerprint density at radius 3 is 2.42 bits per heavy atom. The molecule has 0 saturated carbocycles. The molecule has 0 atom stereocenters. The summed E-state index contributed by atoms with van der Waals surface area (Å²) < 4.78 is 26.4. The fourth-order valence-corrected chi connectivity index (χ4v) is 2.12. The van der Waals surface area contributed by atoms with E-state index in [0.717, 1.165) is 12.1 Å². The summed E-state index contributed by atoms with van der Waals surface area (Å²) >= 11 is 0. The van der Waals surface area contributed by atoms with Crippen LogP contribution in [-0.2, 0) is 4.79 Å². The lowest BCUT2D eigenvalue weighted by atomic mass is 10.2. The Morgan fingerprint density at radius 1 is 1.04 bits per heavy atom. The van der Waals surface area contributed by atoms with Crippen molar-refractivity contribution in [3.8, 4) is 0 Å². The summed E-state index contributed by atoms with van der Waals surface area (Å²) in [6, 6.07) is 8.84. The second-order valence-electron chi connectivity index (χ2n) is 5.64. The van der Waals surface area contributed by atoms with E-state index in [0.29, 0.717) is 17.3 Å². The largest absolute Gasteiger partial charge is 0.345 e. The Bertz CT molecular complexity index is 853. The van der Waals surface area contributed by atoms with Gasteiger partial charge in [-0.05, 0) is 30.3 Å². The summed E-state index contributed by atoms with van der Waals surface area (Å²) in [4.78, 5) is 37.1. The second kappa shape index (κ2) is 8.19. The molecule has 3 amide bonds. The third kappa shape index (κ3) is 4.85. The predicted octanol–water partition coefficient (Wildman–Crippen LogP) is 2.04. The van der Waals surface area contributed by atoms with Crippen molar-refractivity contribution < 1.29 is 23.2 Å². The molecule has 6 nitrogen and oxygen atoms in total. The molecule has 26 heavy (non-hydrogen) atoms. The minimum atomic E-state index is -1.02. The summed E-state index contributed by atoms with van der Waals surface area (Å²) in [6.07, 6.45) is 0. The third-order valence-corrected chi connectivity index (χ3v) is 3.38. The van der Waals surface area contributed by atoms with Gasteiger partial charge in [0.15, 0.2) is 0 Å². The maximum Gasteiger partial charge on any atom is 0.254 e. The monoisotopic (exact) mass is 361 g/mol. The average Bonchev–Trinajstić information content (AvgIpc) is 2.59. The Balaban J connectivity index is 1.96. The van der Waals surface area contributed by atoms with Crippen molar-refractivity contribution in [2.75, 3.05) is 26.0 Å². The van der Waals surface area contributed by atoms with Gasteiger partial charge < -0.3 is 15.5 Å². The summed E-state index contributed by atoms with van der Waals surface area (Å²) in [5.41, 5.74) is 0.410. The highest BCUT2D eigenvalue weighted by molar-refractivity contribution is 6.00. The van der Waals surface area contributed by atoms with Gasteiger partial charge in [-0.1, -0.05) is 6.07 Å². The first-order chi connectivity index (χ1) is 12.3. The zero-order chi connectivity index (χ0) is 19.3. The van der Waals surface area contributed by atoms with Crippen molar-refractivity contribution in [3.63, 3.8) is 0 Å². The lowest BCUT2D eigenvalue weighted by Gasteiger charge is -2.12. The van der Waals surface area contributed by atoms with Crippen molar-refractivity contribution in [2.45, 2.75) is 0 Å². The van der Waals surface area contributed by atoms with E-state index in [1.165, 1.54) is 11.0 Å². The SMILES string of the molecule is CN(C)C(=O)c1cccc(NC(=O)CNC(=O)c2ccc(F)cc2F)c1. The molecule has 8 heteroatoms. The Labute approximate surface area is 148 Å². The van der Waals surface area contributed by atoms with E-state index in [-0.39, 0.29) is 11.5 Å². The number of carbonyl (C=O) groups excluding carboxylic acids is 3. The molecule has 0 fully saturated rings. The first kappa shape index (κ1) is 19.0. The van der Waals surface area contributed by atoms with E-state index in [9.17, 15) is 23.2 Å². The van der Waals surface area contributed by atoms with Gasteiger partial charge in [-0.25, -0.2) is 8.78 Å². The molecule has 0 radical (unpaired) electrons. The van der Waals surface area contributed by atoms with Crippen LogP contribution in [0.3, 0.4) is 0 Å². The molecule has 2 aromatic rings. The molecule has 0 aliphatic rings. The molecule has 2 aromatic carbocycles. The minimum absolute atomic E-state index is 0.221. The molecular weight excluding hydrogens is 344 g/mol. The zero-order valence-electron chi connectivity index (χ0n) is 14.2. The van der Waals surface area contributed by atoms with Gasteiger partial charge >= 0.3 is 0 Å². The maximum atomic E-state index is 13.5. The molecule has 0 saturated heterocycles. The highest BCUT2D eigenvalue weighted by atomic mass is 19.1. The second-order valence-corrected chi connectivity index (χ2v) is 5.64. The number of anilines is 1. The third-order valence-electron chi connectivity index (χ3n) is 3.38. The highest BCUT2D eigenvalue weighted by Gasteiger charge is 2.14. The molecule has 0 bridgehead atoms. The van der Waals surface area contributed by atoms with Crippen LogP contribution in [0, 0.1) is 11.6 Å². The maximum absolute atomic E-state index is 13.5. The Morgan fingerprint density at radius 2 is 1.77 bits per heavy atom. The van der Waals surface area contributed by atoms with Gasteiger partial charge in [-0.3, -0.25) is 14.4 Å². The summed E-state index contributed by atoms with van der Waals surface area (Å²) in [6.45, 7) is -0.415. The van der Waals surface area contributed by atoms with Crippen molar-refractivity contribution >= 4 is 23.4 Å². The van der Waals surface area contributed by atoms with Crippen LogP contribution < -0.4 is 10.6 Å². The van der Waals surface area contributed by atoms with Gasteiger partial charge in [0.05, 0.1) is 12.1 Å². The number of carbonyl (C=O) groups is 3. The van der Waals surface area contributed by atoms with Crippen LogP contribution in [0.4, 0.5) is 14.5 Å². The zero-order valence-corrected chi connectivity index (χ0v) is 14.2. The van der Waals surface area contributed by atoms with Gasteiger partial charge in [-0.2, -0.15) is 0 Å². The van der Waals surface area contributed by atoms with E-state index in [1.54, 1.807) is 32.3 Å². The molecule has 0 heterocycles. The number of hydrogen-bond donors (Lipinski definition) is 2. The first-order valence-electron chi connectivity index (χ1n) is 7.62. The number of benzene rings is 2. The normalized spacial score (nSPS) is 10.2. The number of nitrogens with zero attached hydrogens (tertiary/aromatic N) is 1. The van der Waals surface area contributed by atoms with Gasteiger partial charge in [0.2, 0.25) is 5.91 Å². The predicted molar refractivity (Wildman–Crippen MR) is 91.8 cm³/mol. The number of amides is 3. The standard InChI is InChI=1S/C18H17F2N3O3/c1-23(2)18(26)11-4-3-5-13(8-11)22-16(24)10-21-17(25)14-7-6-12(19)9-15(14)20/h3-9H,10H2,1-2H3,(H,21,25)(H,22,24). The van der Waals surface area contributed by atoms with Crippen molar-refractivity contribution in [3.05, 3.63) is 65.2 Å². The molecule has 0 unspecified atom stereocenters. The topological polar surface area (TPSA) is 78.5 Å². The molecule has 2 N–H and O–H groups in total. The smallest absolute Gasteiger partial charge is 0.254 e. The molecule has 136 valence electrons. The van der Waals surface area contributed by atoms with Crippen LogP contribution in [0.25, 0.3) is 0 Å². The summed E-state index contributed by atoms with van der Waals surface area (Å²) in [5, 5.41) is 4.77. The van der Waals surface area contributed by atoms with Crippen LogP contribution in [0.1, 0.15) is 20.7 Å². The Kier molecular flexibility index (Phi) is 6.00. The van der Waals surface area contributed by atoms with Crippen LogP contribution in [0.2, 0.25) is 0 Å². The molecule has 0 spiro atoms. The van der Waals surface area contributed by atoms with Crippen molar-refractivity contribution in [1.82, 2.24) is 10.2 Å². The van der Waals surface area contributed by atoms with E-state index >= 15 is 0 Å². The van der Waals surface area contributed by atoms with E-state index < -0.39 is 30.0 Å². The van der Waals surface area contributed by atoms with Crippen molar-refractivity contribution in [1.29, 1.82) is 0 Å². The van der Waals surface area contributed by atoms with Crippen molar-refractivity contribution in [2.24, 2.45) is 0 Å². The fraction of sp³-hybridized carbons (Fsp3) is 0.167. The number of nitrogens with one attached hydrogen (secondary N) is 2. The van der Waals surface area contributed by atoms with Gasteiger partial charge in [0.25, 0.3) is 11.8 Å². The van der Waals surface area contributed by atoms with Crippen LogP contribution >= 0.6 is 0 Å². The quantitative estimate of drug-likeness (QED) is 0.855. The van der Waals surface area contributed by atoms with Crippen LogP contribution in [0.5, 0.6) is 0 Å². The number of halogens is 2. The molecule has 0 aliphatic carbocycles. The lowest BCUT2D eigenvalue weighted by Crippen LogP contribution is -2.33. The lowest BCUT2D eigenvalue weighted by molar-refractivity contribution is -0.115. The summed E-state index contributed by atoms with van der Waals surface area (Å²) in [7, 11) is 3.22. The molecule has 2 rings (SSSR count). The average molecular weight is 361 g/mol. The number of rotatable bonds is 5. The minimum Gasteiger partial charge on any atom is -0.345 e. The molecule has 0 aliphatic heterocycles. The van der Waals surface area contributed by atoms with E-state index in [1.807, 2.05) is 0 Å². The fourth-order valence-electron chi connectivity index (χ4n) is 2.12. The first-order valence-corrected chi connectivity index (χ1v) is 7.62. The van der Waals surface area contributed by atoms with Crippen LogP contribution in [0.15, 0.2) is 42.5 Å². The van der Waals surface area contributed by atoms with Gasteiger partial charge in [0, 0.05) is 31.4 Å². The van der Waals surface area contributed by atoms with Gasteiger partial charge in [-0.15, -0.1) is 0 Å².